The highest BCUT2D eigenvalue weighted by molar-refractivity contribution is 8.01. The first-order valence-electron chi connectivity index (χ1n) is 5.59. The Kier molecular flexibility index (Phi) is 4.38. The van der Waals surface area contributed by atoms with Crippen LogP contribution in [0.1, 0.15) is 10.4 Å². The average molecular weight is 326 g/mol. The summed E-state index contributed by atoms with van der Waals surface area (Å²) in [5.41, 5.74) is -0.174. The molecule has 21 heavy (non-hydrogen) atoms. The van der Waals surface area contributed by atoms with E-state index in [9.17, 15) is 14.9 Å². The van der Waals surface area contributed by atoms with Gasteiger partial charge in [-0.25, -0.2) is 4.79 Å². The number of nitro benzene ring substituents is 1. The topological polar surface area (TPSA) is 109 Å². The van der Waals surface area contributed by atoms with Crippen LogP contribution in [0, 0.1) is 10.1 Å². The molecule has 2 rings (SSSR count). The molecule has 1 aromatic carbocycles. The van der Waals surface area contributed by atoms with E-state index in [-0.39, 0.29) is 16.1 Å². The molecular formula is C11H10N4O4S2. The number of rotatable bonds is 5. The second-order valence-corrected chi connectivity index (χ2v) is 6.33. The van der Waals surface area contributed by atoms with Crippen molar-refractivity contribution >= 4 is 39.9 Å². The Bertz CT molecular complexity index is 701. The van der Waals surface area contributed by atoms with E-state index in [1.165, 1.54) is 29.5 Å². The highest BCUT2D eigenvalue weighted by Crippen LogP contribution is 2.36. The van der Waals surface area contributed by atoms with Crippen LogP contribution >= 0.6 is 23.1 Å². The molecular weight excluding hydrogens is 316 g/mol. The van der Waals surface area contributed by atoms with E-state index < -0.39 is 10.9 Å². The van der Waals surface area contributed by atoms with E-state index in [0.29, 0.717) is 9.47 Å². The molecule has 0 radical (unpaired) electrons. The molecule has 1 N–H and O–H groups in total. The van der Waals surface area contributed by atoms with Gasteiger partial charge in [-0.1, -0.05) is 23.1 Å². The summed E-state index contributed by atoms with van der Waals surface area (Å²) in [4.78, 5) is 23.4. The SMILES string of the molecule is CN(C)c1nnc(Sc2cc([N+](=O)[O-])ccc2C(=O)O)s1. The smallest absolute Gasteiger partial charge is 0.336 e. The molecule has 1 heterocycles. The Hall–Kier alpha value is -2.20. The maximum Gasteiger partial charge on any atom is 0.336 e. The van der Waals surface area contributed by atoms with E-state index in [2.05, 4.69) is 10.2 Å². The van der Waals surface area contributed by atoms with E-state index in [4.69, 9.17) is 5.11 Å². The van der Waals surface area contributed by atoms with Crippen LogP contribution < -0.4 is 4.90 Å². The van der Waals surface area contributed by atoms with Crippen LogP contribution in [-0.4, -0.2) is 40.3 Å². The highest BCUT2D eigenvalue weighted by atomic mass is 32.2. The molecule has 0 saturated carbocycles. The monoisotopic (exact) mass is 326 g/mol. The third-order valence-corrected chi connectivity index (χ3v) is 4.58. The van der Waals surface area contributed by atoms with Crippen molar-refractivity contribution < 1.29 is 14.8 Å². The number of carbonyl (C=O) groups is 1. The van der Waals surface area contributed by atoms with Crippen LogP contribution in [0.25, 0.3) is 0 Å². The normalized spacial score (nSPS) is 10.4. The molecule has 0 aliphatic heterocycles. The largest absolute Gasteiger partial charge is 0.478 e. The Labute approximate surface area is 127 Å². The van der Waals surface area contributed by atoms with Crippen molar-refractivity contribution in [1.82, 2.24) is 10.2 Å². The Morgan fingerprint density at radius 2 is 2.14 bits per heavy atom. The lowest BCUT2D eigenvalue weighted by molar-refractivity contribution is -0.385. The number of anilines is 1. The lowest BCUT2D eigenvalue weighted by Gasteiger charge is -2.04. The summed E-state index contributed by atoms with van der Waals surface area (Å²) in [5.74, 6) is -1.15. The molecule has 0 aliphatic carbocycles. The molecule has 2 aromatic rings. The summed E-state index contributed by atoms with van der Waals surface area (Å²) in [5, 5.41) is 28.5. The van der Waals surface area contributed by atoms with Gasteiger partial charge in [0.25, 0.3) is 5.69 Å². The fraction of sp³-hybridized carbons (Fsp3) is 0.182. The van der Waals surface area contributed by atoms with Crippen molar-refractivity contribution in [1.29, 1.82) is 0 Å². The van der Waals surface area contributed by atoms with Gasteiger partial charge >= 0.3 is 5.97 Å². The third-order valence-electron chi connectivity index (χ3n) is 2.38. The first kappa shape index (κ1) is 15.2. The van der Waals surface area contributed by atoms with Crippen molar-refractivity contribution in [3.8, 4) is 0 Å². The van der Waals surface area contributed by atoms with Gasteiger partial charge in [0.2, 0.25) is 5.13 Å². The number of hydrogen-bond acceptors (Lipinski definition) is 8. The number of non-ortho nitro benzene ring substituents is 1. The molecule has 0 atom stereocenters. The van der Waals surface area contributed by atoms with E-state index >= 15 is 0 Å². The zero-order chi connectivity index (χ0) is 15.6. The van der Waals surface area contributed by atoms with Gasteiger partial charge in [-0.2, -0.15) is 0 Å². The molecule has 0 saturated heterocycles. The summed E-state index contributed by atoms with van der Waals surface area (Å²) in [6.45, 7) is 0. The predicted octanol–water partition coefficient (Wildman–Crippen LogP) is 2.36. The highest BCUT2D eigenvalue weighted by Gasteiger charge is 2.18. The van der Waals surface area contributed by atoms with Crippen LogP contribution in [0.15, 0.2) is 27.4 Å². The molecule has 10 heteroatoms. The van der Waals surface area contributed by atoms with Gasteiger partial charge in [0, 0.05) is 31.1 Å². The van der Waals surface area contributed by atoms with Crippen molar-refractivity contribution in [2.75, 3.05) is 19.0 Å². The zero-order valence-electron chi connectivity index (χ0n) is 11.0. The maximum atomic E-state index is 11.2. The van der Waals surface area contributed by atoms with Crippen LogP contribution in [0.5, 0.6) is 0 Å². The first-order valence-corrected chi connectivity index (χ1v) is 7.22. The van der Waals surface area contributed by atoms with Gasteiger partial charge in [0.1, 0.15) is 0 Å². The lowest BCUT2D eigenvalue weighted by Crippen LogP contribution is -2.07. The van der Waals surface area contributed by atoms with Crippen molar-refractivity contribution in [3.63, 3.8) is 0 Å². The number of nitrogens with zero attached hydrogens (tertiary/aromatic N) is 4. The van der Waals surface area contributed by atoms with Crippen molar-refractivity contribution in [2.45, 2.75) is 9.24 Å². The molecule has 0 amide bonds. The quantitative estimate of drug-likeness (QED) is 0.658. The minimum atomic E-state index is -1.15. The maximum absolute atomic E-state index is 11.2. The number of aromatic nitrogens is 2. The van der Waals surface area contributed by atoms with Crippen LogP contribution in [-0.2, 0) is 0 Å². The fourth-order valence-corrected chi connectivity index (χ4v) is 3.28. The summed E-state index contributed by atoms with van der Waals surface area (Å²) in [6, 6.07) is 3.61. The number of carboxylic acids is 1. The Balaban J connectivity index is 2.38. The van der Waals surface area contributed by atoms with Gasteiger partial charge in [0.15, 0.2) is 4.34 Å². The van der Waals surface area contributed by atoms with Crippen molar-refractivity contribution in [3.05, 3.63) is 33.9 Å². The summed E-state index contributed by atoms with van der Waals surface area (Å²) in [7, 11) is 3.62. The summed E-state index contributed by atoms with van der Waals surface area (Å²) >= 11 is 2.32. The third kappa shape index (κ3) is 3.47. The standard InChI is InChI=1S/C11H10N4O4S2/c1-14(2)10-12-13-11(21-10)20-8-5-6(15(18)19)3-4-7(8)9(16)17/h3-5H,1-2H3,(H,16,17). The average Bonchev–Trinajstić information content (AvgIpc) is 2.87. The molecule has 0 bridgehead atoms. The molecule has 1 aromatic heterocycles. The fourth-order valence-electron chi connectivity index (χ4n) is 1.40. The minimum Gasteiger partial charge on any atom is -0.478 e. The molecule has 0 unspecified atom stereocenters. The lowest BCUT2D eigenvalue weighted by atomic mass is 10.2. The predicted molar refractivity (Wildman–Crippen MR) is 78.4 cm³/mol. The number of nitro groups is 1. The first-order chi connectivity index (χ1) is 9.88. The minimum absolute atomic E-state index is 0.00722. The van der Waals surface area contributed by atoms with E-state index in [0.717, 1.165) is 11.8 Å². The van der Waals surface area contributed by atoms with Crippen LogP contribution in [0.2, 0.25) is 0 Å². The molecule has 0 fully saturated rings. The number of hydrogen-bond donors (Lipinski definition) is 1. The second kappa shape index (κ2) is 6.06. The van der Waals surface area contributed by atoms with Gasteiger partial charge in [-0.15, -0.1) is 10.2 Å². The Morgan fingerprint density at radius 1 is 1.43 bits per heavy atom. The number of aromatic carboxylic acids is 1. The van der Waals surface area contributed by atoms with E-state index in [1.54, 1.807) is 4.90 Å². The summed E-state index contributed by atoms with van der Waals surface area (Å²) in [6.07, 6.45) is 0. The van der Waals surface area contributed by atoms with Gasteiger partial charge in [0.05, 0.1) is 10.5 Å². The summed E-state index contributed by atoms with van der Waals surface area (Å²) < 4.78 is 0.515. The van der Waals surface area contributed by atoms with Crippen LogP contribution in [0.3, 0.4) is 0 Å². The molecule has 0 aliphatic rings. The number of benzene rings is 1. The van der Waals surface area contributed by atoms with Crippen molar-refractivity contribution in [2.24, 2.45) is 0 Å². The Morgan fingerprint density at radius 3 is 2.67 bits per heavy atom. The van der Waals surface area contributed by atoms with Gasteiger partial charge in [-0.05, 0) is 6.07 Å². The zero-order valence-corrected chi connectivity index (χ0v) is 12.6. The van der Waals surface area contributed by atoms with E-state index in [1.807, 2.05) is 14.1 Å². The second-order valence-electron chi connectivity index (χ2n) is 4.09. The van der Waals surface area contributed by atoms with Gasteiger partial charge < -0.3 is 10.0 Å². The number of carboxylic acid groups (broad SMARTS) is 1. The molecule has 110 valence electrons. The molecule has 0 spiro atoms. The van der Waals surface area contributed by atoms with Gasteiger partial charge in [-0.3, -0.25) is 10.1 Å². The molecule has 8 nitrogen and oxygen atoms in total. The van der Waals surface area contributed by atoms with Crippen LogP contribution in [0.4, 0.5) is 10.8 Å².